The quantitative estimate of drug-likeness (QED) is 0.406. The number of hydrogen-bond acceptors (Lipinski definition) is 2. The Morgan fingerprint density at radius 3 is 2.23 bits per heavy atom. The van der Waals surface area contributed by atoms with Gasteiger partial charge in [-0.2, -0.15) is 5.26 Å². The van der Waals surface area contributed by atoms with Gasteiger partial charge >= 0.3 is 0 Å². The molecule has 0 atom stereocenters. The number of nitrogens with zero attached hydrogens (tertiary/aromatic N) is 2. The molecule has 0 saturated heterocycles. The summed E-state index contributed by atoms with van der Waals surface area (Å²) >= 11 is 3.56. The average molecular weight is 407 g/mol. The van der Waals surface area contributed by atoms with Crippen LogP contribution in [-0.2, 0) is 0 Å². The highest BCUT2D eigenvalue weighted by atomic mass is 79.9. The van der Waals surface area contributed by atoms with E-state index >= 15 is 0 Å². The molecule has 0 fully saturated rings. The first kappa shape index (κ1) is 16.4. The Kier molecular flexibility index (Phi) is 4.19. The minimum atomic E-state index is -0.300. The van der Waals surface area contributed by atoms with Crippen molar-refractivity contribution in [3.63, 3.8) is 0 Å². The molecule has 0 aliphatic carbocycles. The lowest BCUT2D eigenvalue weighted by molar-refractivity contribution is 0.480. The molecule has 1 aromatic heterocycles. The summed E-state index contributed by atoms with van der Waals surface area (Å²) in [5, 5.41) is 10.4. The van der Waals surface area contributed by atoms with E-state index < -0.39 is 0 Å². The van der Waals surface area contributed by atoms with Crippen molar-refractivity contribution in [2.45, 2.75) is 0 Å². The van der Waals surface area contributed by atoms with Crippen LogP contribution in [0.4, 0.5) is 4.39 Å². The Labute approximate surface area is 158 Å². The first-order chi connectivity index (χ1) is 12.7. The lowest BCUT2D eigenvalue weighted by Gasteiger charge is -2.09. The van der Waals surface area contributed by atoms with Crippen LogP contribution in [0.2, 0.25) is 0 Å². The summed E-state index contributed by atoms with van der Waals surface area (Å²) in [6.07, 6.45) is 1.95. The van der Waals surface area contributed by atoms with Gasteiger partial charge in [0.25, 0.3) is 0 Å². The largest absolute Gasteiger partial charge is 0.457 e. The Morgan fingerprint density at radius 1 is 0.923 bits per heavy atom. The molecular weight excluding hydrogens is 395 g/mol. The van der Waals surface area contributed by atoms with E-state index in [0.29, 0.717) is 17.1 Å². The Hall–Kier alpha value is -3.10. The third-order valence-corrected chi connectivity index (χ3v) is 4.69. The predicted octanol–water partition coefficient (Wildman–Crippen LogP) is 6.20. The van der Waals surface area contributed by atoms with Crippen molar-refractivity contribution in [3.8, 4) is 23.3 Å². The minimum absolute atomic E-state index is 0.300. The highest BCUT2D eigenvalue weighted by Gasteiger charge is 2.12. The molecule has 0 amide bonds. The number of ether oxygens (including phenoxy) is 1. The molecule has 1 heterocycles. The molecule has 3 nitrogen and oxygen atoms in total. The highest BCUT2D eigenvalue weighted by Crippen LogP contribution is 2.32. The fourth-order valence-corrected chi connectivity index (χ4v) is 3.38. The Balaban J connectivity index is 1.70. The van der Waals surface area contributed by atoms with Gasteiger partial charge in [-0.05, 0) is 70.5 Å². The molecule has 0 unspecified atom stereocenters. The number of rotatable bonds is 3. The molecule has 4 aromatic rings. The maximum absolute atomic E-state index is 13.0. The van der Waals surface area contributed by atoms with Crippen LogP contribution in [0.3, 0.4) is 0 Å². The van der Waals surface area contributed by atoms with Crippen molar-refractivity contribution in [1.82, 2.24) is 4.57 Å². The van der Waals surface area contributed by atoms with E-state index in [4.69, 9.17) is 4.74 Å². The second-order valence-electron chi connectivity index (χ2n) is 5.71. The van der Waals surface area contributed by atoms with Crippen LogP contribution < -0.4 is 4.74 Å². The number of nitriles is 1. The summed E-state index contributed by atoms with van der Waals surface area (Å²) in [7, 11) is 0. The van der Waals surface area contributed by atoms with Gasteiger partial charge in [-0.1, -0.05) is 12.1 Å². The molecule has 3 aromatic carbocycles. The van der Waals surface area contributed by atoms with Crippen LogP contribution >= 0.6 is 15.9 Å². The molecular formula is C21H12BrFN2O. The summed E-state index contributed by atoms with van der Waals surface area (Å²) in [6.45, 7) is 0. The molecule has 0 radical (unpaired) electrons. The first-order valence-corrected chi connectivity index (χ1v) is 8.68. The normalized spacial score (nSPS) is 10.7. The number of benzene rings is 3. The van der Waals surface area contributed by atoms with Gasteiger partial charge < -0.3 is 9.30 Å². The summed E-state index contributed by atoms with van der Waals surface area (Å²) in [5.41, 5.74) is 2.38. The predicted molar refractivity (Wildman–Crippen MR) is 102 cm³/mol. The van der Waals surface area contributed by atoms with E-state index in [0.717, 1.165) is 21.1 Å². The number of para-hydroxylation sites is 1. The monoisotopic (exact) mass is 406 g/mol. The summed E-state index contributed by atoms with van der Waals surface area (Å²) in [6, 6.07) is 21.3. The maximum atomic E-state index is 13.0. The standard InChI is InChI=1S/C21H12BrFN2O/c22-20-13-25(21-14(12-24)2-1-3-19(20)21)16-6-10-18(11-7-16)26-17-8-4-15(23)5-9-17/h1-11,13H. The third-order valence-electron chi connectivity index (χ3n) is 4.06. The second kappa shape index (κ2) is 6.66. The Morgan fingerprint density at radius 2 is 1.58 bits per heavy atom. The fourth-order valence-electron chi connectivity index (χ4n) is 2.85. The third kappa shape index (κ3) is 2.96. The number of aromatic nitrogens is 1. The molecule has 0 aliphatic rings. The summed E-state index contributed by atoms with van der Waals surface area (Å²) in [5.74, 6) is 0.919. The summed E-state index contributed by atoms with van der Waals surface area (Å²) < 4.78 is 21.6. The lowest BCUT2D eigenvalue weighted by atomic mass is 10.1. The van der Waals surface area contributed by atoms with Crippen molar-refractivity contribution < 1.29 is 9.13 Å². The van der Waals surface area contributed by atoms with Gasteiger partial charge in [0.15, 0.2) is 0 Å². The second-order valence-corrected chi connectivity index (χ2v) is 6.56. The highest BCUT2D eigenvalue weighted by molar-refractivity contribution is 9.10. The SMILES string of the molecule is N#Cc1cccc2c(Br)cn(-c3ccc(Oc4ccc(F)cc4)cc3)c12. The van der Waals surface area contributed by atoms with Crippen molar-refractivity contribution in [2.75, 3.05) is 0 Å². The first-order valence-electron chi connectivity index (χ1n) is 7.89. The van der Waals surface area contributed by atoms with Gasteiger partial charge in [0.2, 0.25) is 0 Å². The van der Waals surface area contributed by atoms with Gasteiger partial charge in [-0.15, -0.1) is 0 Å². The smallest absolute Gasteiger partial charge is 0.127 e. The van der Waals surface area contributed by atoms with E-state index in [1.54, 1.807) is 18.2 Å². The van der Waals surface area contributed by atoms with Crippen LogP contribution in [0.5, 0.6) is 11.5 Å². The molecule has 0 spiro atoms. The van der Waals surface area contributed by atoms with Crippen molar-refractivity contribution in [3.05, 3.63) is 88.8 Å². The van der Waals surface area contributed by atoms with Crippen LogP contribution in [-0.4, -0.2) is 4.57 Å². The number of hydrogen-bond donors (Lipinski definition) is 0. The van der Waals surface area contributed by atoms with Gasteiger partial charge in [0.1, 0.15) is 23.4 Å². The van der Waals surface area contributed by atoms with E-state index in [1.807, 2.05) is 47.2 Å². The zero-order chi connectivity index (χ0) is 18.1. The Bertz CT molecular complexity index is 1130. The number of halogens is 2. The topological polar surface area (TPSA) is 38.0 Å². The van der Waals surface area contributed by atoms with Crippen molar-refractivity contribution in [2.24, 2.45) is 0 Å². The molecule has 0 N–H and O–H groups in total. The molecule has 0 bridgehead atoms. The van der Waals surface area contributed by atoms with Gasteiger partial charge in [-0.3, -0.25) is 0 Å². The van der Waals surface area contributed by atoms with Crippen molar-refractivity contribution >= 4 is 26.8 Å². The molecule has 26 heavy (non-hydrogen) atoms. The molecule has 126 valence electrons. The van der Waals surface area contributed by atoms with Crippen LogP contribution in [0.15, 0.2) is 77.4 Å². The summed E-state index contributed by atoms with van der Waals surface area (Å²) in [4.78, 5) is 0. The van der Waals surface area contributed by atoms with Gasteiger partial charge in [0.05, 0.1) is 11.1 Å². The molecule has 0 aliphatic heterocycles. The average Bonchev–Trinajstić information content (AvgIpc) is 3.01. The van der Waals surface area contributed by atoms with Gasteiger partial charge in [-0.25, -0.2) is 4.39 Å². The molecule has 5 heteroatoms. The maximum Gasteiger partial charge on any atom is 0.127 e. The fraction of sp³-hybridized carbons (Fsp3) is 0. The zero-order valence-corrected chi connectivity index (χ0v) is 15.1. The minimum Gasteiger partial charge on any atom is -0.457 e. The van der Waals surface area contributed by atoms with Crippen molar-refractivity contribution in [1.29, 1.82) is 5.26 Å². The number of fused-ring (bicyclic) bond motifs is 1. The molecule has 0 saturated carbocycles. The van der Waals surface area contributed by atoms with E-state index in [1.165, 1.54) is 12.1 Å². The van der Waals surface area contributed by atoms with Crippen LogP contribution in [0.1, 0.15) is 5.56 Å². The lowest BCUT2D eigenvalue weighted by Crippen LogP contribution is -1.94. The van der Waals surface area contributed by atoms with E-state index in [-0.39, 0.29) is 5.82 Å². The van der Waals surface area contributed by atoms with Gasteiger partial charge in [0, 0.05) is 21.7 Å². The molecule has 4 rings (SSSR count). The van der Waals surface area contributed by atoms with Crippen LogP contribution in [0.25, 0.3) is 16.6 Å². The zero-order valence-electron chi connectivity index (χ0n) is 13.5. The van der Waals surface area contributed by atoms with E-state index in [2.05, 4.69) is 22.0 Å². The van der Waals surface area contributed by atoms with E-state index in [9.17, 15) is 9.65 Å². The van der Waals surface area contributed by atoms with Crippen LogP contribution in [0, 0.1) is 17.1 Å².